The summed E-state index contributed by atoms with van der Waals surface area (Å²) in [6.07, 6.45) is 3.58. The number of anilines is 1. The Labute approximate surface area is 106 Å². The Morgan fingerprint density at radius 1 is 1.28 bits per heavy atom. The van der Waals surface area contributed by atoms with Crippen molar-refractivity contribution < 1.29 is 0 Å². The fourth-order valence-corrected chi connectivity index (χ4v) is 1.65. The first-order chi connectivity index (χ1) is 8.74. The molecular formula is C12H18N6. The molecule has 0 aliphatic heterocycles. The lowest BCUT2D eigenvalue weighted by Gasteiger charge is -2.08. The summed E-state index contributed by atoms with van der Waals surface area (Å²) >= 11 is 0. The van der Waals surface area contributed by atoms with Crippen LogP contribution in [-0.2, 0) is 13.5 Å². The van der Waals surface area contributed by atoms with Crippen LogP contribution < -0.4 is 5.32 Å². The molecule has 2 heterocycles. The highest BCUT2D eigenvalue weighted by atomic mass is 15.4. The normalized spacial score (nSPS) is 10.6. The van der Waals surface area contributed by atoms with E-state index in [0.717, 1.165) is 42.4 Å². The molecular weight excluding hydrogens is 228 g/mol. The van der Waals surface area contributed by atoms with E-state index in [9.17, 15) is 0 Å². The first kappa shape index (κ1) is 12.5. The highest BCUT2D eigenvalue weighted by Crippen LogP contribution is 2.18. The van der Waals surface area contributed by atoms with E-state index in [0.29, 0.717) is 0 Å². The van der Waals surface area contributed by atoms with Crippen molar-refractivity contribution in [1.82, 2.24) is 25.0 Å². The number of aromatic nitrogens is 5. The largest absolute Gasteiger partial charge is 0.370 e. The van der Waals surface area contributed by atoms with Gasteiger partial charge >= 0.3 is 0 Å². The highest BCUT2D eigenvalue weighted by Gasteiger charge is 2.09. The number of hydrogen-bond acceptors (Lipinski definition) is 5. The lowest BCUT2D eigenvalue weighted by molar-refractivity contribution is 0.718. The summed E-state index contributed by atoms with van der Waals surface area (Å²) < 4.78 is 1.71. The third-order valence-corrected chi connectivity index (χ3v) is 2.62. The average molecular weight is 246 g/mol. The molecule has 0 radical (unpaired) electrons. The van der Waals surface area contributed by atoms with Crippen molar-refractivity contribution in [2.75, 3.05) is 11.9 Å². The van der Waals surface area contributed by atoms with Crippen LogP contribution >= 0.6 is 0 Å². The van der Waals surface area contributed by atoms with Gasteiger partial charge in [0.1, 0.15) is 17.3 Å². The quantitative estimate of drug-likeness (QED) is 0.868. The Balaban J connectivity index is 2.38. The van der Waals surface area contributed by atoms with Crippen LogP contribution in [0, 0.1) is 0 Å². The molecule has 0 aliphatic rings. The third kappa shape index (κ3) is 2.64. The van der Waals surface area contributed by atoms with Gasteiger partial charge in [-0.05, 0) is 6.42 Å². The molecule has 0 saturated carbocycles. The van der Waals surface area contributed by atoms with Crippen molar-refractivity contribution in [2.24, 2.45) is 7.05 Å². The Bertz CT molecular complexity index is 519. The van der Waals surface area contributed by atoms with Crippen molar-refractivity contribution in [3.05, 3.63) is 18.1 Å². The van der Waals surface area contributed by atoms with E-state index < -0.39 is 0 Å². The molecule has 96 valence electrons. The van der Waals surface area contributed by atoms with E-state index in [1.54, 1.807) is 10.9 Å². The second-order valence-corrected chi connectivity index (χ2v) is 4.08. The first-order valence-corrected chi connectivity index (χ1v) is 6.21. The van der Waals surface area contributed by atoms with Gasteiger partial charge in [-0.3, -0.25) is 0 Å². The van der Waals surface area contributed by atoms with Crippen LogP contribution in [0.2, 0.25) is 0 Å². The van der Waals surface area contributed by atoms with Gasteiger partial charge in [-0.1, -0.05) is 19.1 Å². The molecule has 6 nitrogen and oxygen atoms in total. The minimum atomic E-state index is 0.805. The lowest BCUT2D eigenvalue weighted by Crippen LogP contribution is -2.06. The number of rotatable bonds is 5. The fraction of sp³-hybridized carbons (Fsp3) is 0.500. The number of nitrogens with zero attached hydrogens (tertiary/aromatic N) is 5. The first-order valence-electron chi connectivity index (χ1n) is 6.21. The summed E-state index contributed by atoms with van der Waals surface area (Å²) in [5.74, 6) is 1.69. The van der Waals surface area contributed by atoms with Gasteiger partial charge in [-0.25, -0.2) is 14.6 Å². The van der Waals surface area contributed by atoms with E-state index in [2.05, 4.69) is 32.5 Å². The predicted molar refractivity (Wildman–Crippen MR) is 70.2 cm³/mol. The zero-order valence-corrected chi connectivity index (χ0v) is 11.0. The standard InChI is InChI=1S/C12H18N6/c1-4-6-13-12-7-9(15-11(5-2)16-12)10-8-14-17-18(10)3/h7-8H,4-6H2,1-3H3,(H,13,15,16). The summed E-state index contributed by atoms with van der Waals surface area (Å²) in [5.41, 5.74) is 1.75. The SMILES string of the molecule is CCCNc1cc(-c2cnnn2C)nc(CC)n1. The Morgan fingerprint density at radius 2 is 2.11 bits per heavy atom. The summed E-state index contributed by atoms with van der Waals surface area (Å²) in [6, 6.07) is 1.94. The zero-order chi connectivity index (χ0) is 13.0. The molecule has 2 rings (SSSR count). The topological polar surface area (TPSA) is 68.5 Å². The van der Waals surface area contributed by atoms with Gasteiger partial charge in [0.05, 0.1) is 11.9 Å². The molecule has 0 spiro atoms. The van der Waals surface area contributed by atoms with Crippen LogP contribution in [0.3, 0.4) is 0 Å². The van der Waals surface area contributed by atoms with Gasteiger partial charge in [0.25, 0.3) is 0 Å². The van der Waals surface area contributed by atoms with Crippen LogP contribution in [0.1, 0.15) is 26.1 Å². The summed E-state index contributed by atoms with van der Waals surface area (Å²) in [6.45, 7) is 5.08. The molecule has 2 aromatic rings. The maximum atomic E-state index is 4.51. The Hall–Kier alpha value is -1.98. The van der Waals surface area contributed by atoms with E-state index >= 15 is 0 Å². The van der Waals surface area contributed by atoms with Crippen LogP contribution in [0.25, 0.3) is 11.4 Å². The molecule has 0 bridgehead atoms. The minimum absolute atomic E-state index is 0.805. The summed E-state index contributed by atoms with van der Waals surface area (Å²) in [4.78, 5) is 8.97. The van der Waals surface area contributed by atoms with Gasteiger partial charge in [0, 0.05) is 26.1 Å². The molecule has 0 atom stereocenters. The van der Waals surface area contributed by atoms with Crippen molar-refractivity contribution in [2.45, 2.75) is 26.7 Å². The molecule has 2 aromatic heterocycles. The second-order valence-electron chi connectivity index (χ2n) is 4.08. The zero-order valence-electron chi connectivity index (χ0n) is 11.0. The summed E-state index contributed by atoms with van der Waals surface area (Å²) in [7, 11) is 1.86. The molecule has 0 fully saturated rings. The van der Waals surface area contributed by atoms with Gasteiger partial charge in [-0.15, -0.1) is 5.10 Å². The number of nitrogens with one attached hydrogen (secondary N) is 1. The van der Waals surface area contributed by atoms with Crippen LogP contribution in [0.15, 0.2) is 12.3 Å². The molecule has 1 N–H and O–H groups in total. The van der Waals surface area contributed by atoms with Gasteiger partial charge in [0.2, 0.25) is 0 Å². The molecule has 18 heavy (non-hydrogen) atoms. The summed E-state index contributed by atoms with van der Waals surface area (Å²) in [5, 5.41) is 11.1. The van der Waals surface area contributed by atoms with Crippen LogP contribution in [0.5, 0.6) is 0 Å². The van der Waals surface area contributed by atoms with E-state index in [-0.39, 0.29) is 0 Å². The van der Waals surface area contributed by atoms with Crippen LogP contribution in [0.4, 0.5) is 5.82 Å². The van der Waals surface area contributed by atoms with Gasteiger partial charge < -0.3 is 5.32 Å². The van der Waals surface area contributed by atoms with E-state index in [1.807, 2.05) is 20.0 Å². The maximum Gasteiger partial charge on any atom is 0.131 e. The molecule has 6 heteroatoms. The molecule has 0 aromatic carbocycles. The molecule has 0 unspecified atom stereocenters. The maximum absolute atomic E-state index is 4.51. The molecule has 0 saturated heterocycles. The lowest BCUT2D eigenvalue weighted by atomic mass is 10.3. The predicted octanol–water partition coefficient (Wildman–Crippen LogP) is 1.66. The second kappa shape index (κ2) is 5.57. The van der Waals surface area contributed by atoms with E-state index in [1.165, 1.54) is 0 Å². The van der Waals surface area contributed by atoms with Gasteiger partial charge in [0.15, 0.2) is 0 Å². The molecule has 0 amide bonds. The highest BCUT2D eigenvalue weighted by molar-refractivity contribution is 5.57. The Kier molecular flexibility index (Phi) is 3.86. The average Bonchev–Trinajstić information content (AvgIpc) is 2.82. The molecule has 0 aliphatic carbocycles. The third-order valence-electron chi connectivity index (χ3n) is 2.62. The van der Waals surface area contributed by atoms with Crippen molar-refractivity contribution in [1.29, 1.82) is 0 Å². The monoisotopic (exact) mass is 246 g/mol. The smallest absolute Gasteiger partial charge is 0.131 e. The van der Waals surface area contributed by atoms with Crippen molar-refractivity contribution in [3.8, 4) is 11.4 Å². The number of hydrogen-bond donors (Lipinski definition) is 1. The minimum Gasteiger partial charge on any atom is -0.370 e. The van der Waals surface area contributed by atoms with E-state index in [4.69, 9.17) is 0 Å². The fourth-order valence-electron chi connectivity index (χ4n) is 1.65. The number of aryl methyl sites for hydroxylation is 2. The van der Waals surface area contributed by atoms with Crippen LogP contribution in [-0.4, -0.2) is 31.5 Å². The Morgan fingerprint density at radius 3 is 2.72 bits per heavy atom. The van der Waals surface area contributed by atoms with Crippen molar-refractivity contribution >= 4 is 5.82 Å². The van der Waals surface area contributed by atoms with Crippen molar-refractivity contribution in [3.63, 3.8) is 0 Å². The van der Waals surface area contributed by atoms with Gasteiger partial charge in [-0.2, -0.15) is 0 Å².